The fourth-order valence-electron chi connectivity index (χ4n) is 1.48. The Morgan fingerprint density at radius 2 is 1.67 bits per heavy atom. The van der Waals surface area contributed by atoms with Crippen molar-refractivity contribution >= 4 is 5.78 Å². The van der Waals surface area contributed by atoms with Gasteiger partial charge in [-0.15, -0.1) is 0 Å². The van der Waals surface area contributed by atoms with E-state index in [1.807, 2.05) is 66.5 Å². The van der Waals surface area contributed by atoms with Crippen molar-refractivity contribution in [2.24, 2.45) is 7.05 Å². The first-order valence-corrected chi connectivity index (χ1v) is 4.82. The lowest BCUT2D eigenvalue weighted by Gasteiger charge is -1.98. The predicted molar refractivity (Wildman–Crippen MR) is 57.5 cm³/mol. The minimum Gasteiger partial charge on any atom is -0.288 e. The zero-order valence-electron chi connectivity index (χ0n) is 8.55. The number of aryl methyl sites for hydroxylation is 1. The molecule has 0 bridgehead atoms. The van der Waals surface area contributed by atoms with Crippen LogP contribution in [0.25, 0.3) is 0 Å². The third-order valence-electron chi connectivity index (χ3n) is 2.24. The second kappa shape index (κ2) is 4.05. The zero-order chi connectivity index (χ0) is 10.7. The van der Waals surface area contributed by atoms with Crippen LogP contribution in [0.4, 0.5) is 0 Å². The minimum atomic E-state index is 0.0619. The molecule has 0 aliphatic carbocycles. The van der Waals surface area contributed by atoms with Gasteiger partial charge in [0.1, 0.15) is 7.05 Å². The molecule has 0 aliphatic rings. The van der Waals surface area contributed by atoms with Gasteiger partial charge in [-0.2, -0.15) is 0 Å². The highest BCUT2D eigenvalue weighted by molar-refractivity contribution is 6.08. The summed E-state index contributed by atoms with van der Waals surface area (Å²) in [4.78, 5) is 12.0. The molecule has 2 aromatic rings. The van der Waals surface area contributed by atoms with Gasteiger partial charge in [0, 0.05) is 11.6 Å². The van der Waals surface area contributed by atoms with E-state index in [2.05, 4.69) is 0 Å². The van der Waals surface area contributed by atoms with E-state index in [0.717, 1.165) is 5.56 Å². The number of benzene rings is 1. The monoisotopic (exact) mass is 198 g/mol. The summed E-state index contributed by atoms with van der Waals surface area (Å²) >= 11 is 0. The second-order valence-corrected chi connectivity index (χ2v) is 3.45. The lowest BCUT2D eigenvalue weighted by Crippen LogP contribution is -2.27. The molecule has 0 fully saturated rings. The Kier molecular flexibility index (Phi) is 2.59. The van der Waals surface area contributed by atoms with E-state index < -0.39 is 0 Å². The number of hydrogen-bond donors (Lipinski definition) is 0. The van der Waals surface area contributed by atoms with Gasteiger partial charge in [0.25, 0.3) is 0 Å². The van der Waals surface area contributed by atoms with Crippen molar-refractivity contribution in [1.29, 1.82) is 0 Å². The molecular weight excluding hydrogens is 186 g/mol. The van der Waals surface area contributed by atoms with E-state index >= 15 is 0 Å². The van der Waals surface area contributed by atoms with Crippen LogP contribution in [0, 0.1) is 0 Å². The van der Waals surface area contributed by atoms with Gasteiger partial charge in [-0.05, 0) is 6.07 Å². The lowest BCUT2D eigenvalue weighted by atomic mass is 10.1. The summed E-state index contributed by atoms with van der Waals surface area (Å²) in [5.74, 6) is 0.0619. The van der Waals surface area contributed by atoms with Crippen molar-refractivity contribution in [2.75, 3.05) is 0 Å². The summed E-state index contributed by atoms with van der Waals surface area (Å²) in [7, 11) is 1.90. The van der Waals surface area contributed by atoms with Gasteiger partial charge in [0.15, 0.2) is 18.2 Å². The molecule has 0 amide bonds. The fourth-order valence-corrected chi connectivity index (χ4v) is 1.48. The topological polar surface area (TPSA) is 20.9 Å². The maximum absolute atomic E-state index is 12.0. The molecule has 0 radical (unpaired) electrons. The summed E-state index contributed by atoms with van der Waals surface area (Å²) < 4.78 is 1.87. The van der Waals surface area contributed by atoms with Gasteiger partial charge in [-0.3, -0.25) is 4.79 Å². The third-order valence-corrected chi connectivity index (χ3v) is 2.24. The minimum absolute atomic E-state index is 0.0619. The van der Waals surface area contributed by atoms with Gasteiger partial charge in [0.2, 0.25) is 0 Å². The Bertz CT molecular complexity index is 477. The fraction of sp³-hybridized carbons (Fsp3) is 0.0769. The van der Waals surface area contributed by atoms with Crippen LogP contribution in [0.15, 0.2) is 54.9 Å². The van der Waals surface area contributed by atoms with Gasteiger partial charge < -0.3 is 0 Å². The van der Waals surface area contributed by atoms with E-state index in [0.29, 0.717) is 5.56 Å². The number of nitrogens with zero attached hydrogens (tertiary/aromatic N) is 1. The van der Waals surface area contributed by atoms with Crippen LogP contribution >= 0.6 is 0 Å². The average molecular weight is 198 g/mol. The second-order valence-electron chi connectivity index (χ2n) is 3.45. The van der Waals surface area contributed by atoms with Crippen molar-refractivity contribution in [3.63, 3.8) is 0 Å². The summed E-state index contributed by atoms with van der Waals surface area (Å²) in [6, 6.07) is 13.0. The van der Waals surface area contributed by atoms with Gasteiger partial charge in [-0.1, -0.05) is 30.3 Å². The Balaban J connectivity index is 2.37. The summed E-state index contributed by atoms with van der Waals surface area (Å²) in [5, 5.41) is 0. The molecule has 1 heterocycles. The third kappa shape index (κ3) is 2.10. The van der Waals surface area contributed by atoms with Crippen molar-refractivity contribution < 1.29 is 9.36 Å². The van der Waals surface area contributed by atoms with Crippen molar-refractivity contribution in [3.05, 3.63) is 66.0 Å². The highest BCUT2D eigenvalue weighted by atomic mass is 16.1. The normalized spacial score (nSPS) is 9.93. The molecule has 15 heavy (non-hydrogen) atoms. The molecule has 2 heteroatoms. The Morgan fingerprint density at radius 1 is 1.00 bits per heavy atom. The Hall–Kier alpha value is -1.96. The van der Waals surface area contributed by atoms with Crippen molar-refractivity contribution in [1.82, 2.24) is 0 Å². The molecule has 0 spiro atoms. The maximum atomic E-state index is 12.0. The molecule has 0 N–H and O–H groups in total. The molecule has 1 aromatic carbocycles. The first-order valence-electron chi connectivity index (χ1n) is 4.82. The van der Waals surface area contributed by atoms with Crippen LogP contribution in [0.5, 0.6) is 0 Å². The number of aromatic nitrogens is 1. The Morgan fingerprint density at radius 3 is 2.33 bits per heavy atom. The van der Waals surface area contributed by atoms with E-state index in [1.54, 1.807) is 0 Å². The van der Waals surface area contributed by atoms with E-state index in [1.165, 1.54) is 0 Å². The molecule has 0 saturated heterocycles. The van der Waals surface area contributed by atoms with Gasteiger partial charge in [0.05, 0.1) is 5.56 Å². The summed E-state index contributed by atoms with van der Waals surface area (Å²) in [6.45, 7) is 0. The average Bonchev–Trinajstić information content (AvgIpc) is 2.29. The van der Waals surface area contributed by atoms with E-state index in [-0.39, 0.29) is 5.78 Å². The number of ketones is 1. The number of hydrogen-bond acceptors (Lipinski definition) is 1. The number of pyridine rings is 1. The summed E-state index contributed by atoms with van der Waals surface area (Å²) in [5.41, 5.74) is 1.44. The molecule has 1 aromatic heterocycles. The summed E-state index contributed by atoms with van der Waals surface area (Å²) in [6.07, 6.45) is 3.73. The van der Waals surface area contributed by atoms with Crippen molar-refractivity contribution in [2.45, 2.75) is 0 Å². The quantitative estimate of drug-likeness (QED) is 0.532. The molecular formula is C13H12NO+. The maximum Gasteiger partial charge on any atom is 0.199 e. The molecule has 2 rings (SSSR count). The smallest absolute Gasteiger partial charge is 0.199 e. The van der Waals surface area contributed by atoms with Crippen LogP contribution in [-0.4, -0.2) is 5.78 Å². The number of rotatable bonds is 2. The van der Waals surface area contributed by atoms with Gasteiger partial charge in [-0.25, -0.2) is 4.57 Å². The standard InChI is InChI=1S/C13H12NO/c1-14-9-5-8-12(10-14)13(15)11-6-3-2-4-7-11/h2-10H,1H3/q+1. The van der Waals surface area contributed by atoms with Crippen LogP contribution in [0.3, 0.4) is 0 Å². The van der Waals surface area contributed by atoms with Crippen LogP contribution in [0.2, 0.25) is 0 Å². The molecule has 74 valence electrons. The largest absolute Gasteiger partial charge is 0.288 e. The van der Waals surface area contributed by atoms with Gasteiger partial charge >= 0.3 is 0 Å². The molecule has 2 nitrogen and oxygen atoms in total. The van der Waals surface area contributed by atoms with Crippen LogP contribution in [-0.2, 0) is 7.05 Å². The van der Waals surface area contributed by atoms with E-state index in [4.69, 9.17) is 0 Å². The molecule has 0 aliphatic heterocycles. The van der Waals surface area contributed by atoms with Crippen molar-refractivity contribution in [3.8, 4) is 0 Å². The highest BCUT2D eigenvalue weighted by Gasteiger charge is 2.10. The first-order chi connectivity index (χ1) is 7.27. The Labute approximate surface area is 88.8 Å². The number of carbonyl (C=O) groups is 1. The SMILES string of the molecule is C[n+]1cccc(C(=O)c2ccccc2)c1. The molecule has 0 atom stereocenters. The molecule has 0 saturated carbocycles. The predicted octanol–water partition coefficient (Wildman–Crippen LogP) is 1.74. The van der Waals surface area contributed by atoms with Crippen LogP contribution in [0.1, 0.15) is 15.9 Å². The van der Waals surface area contributed by atoms with E-state index in [9.17, 15) is 4.79 Å². The number of carbonyl (C=O) groups excluding carboxylic acids is 1. The highest BCUT2D eigenvalue weighted by Crippen LogP contribution is 2.06. The van der Waals surface area contributed by atoms with Crippen LogP contribution < -0.4 is 4.57 Å². The lowest BCUT2D eigenvalue weighted by molar-refractivity contribution is -0.671. The first kappa shape index (κ1) is 9.59. The zero-order valence-corrected chi connectivity index (χ0v) is 8.55. The molecule has 0 unspecified atom stereocenters.